The van der Waals surface area contributed by atoms with E-state index in [0.29, 0.717) is 0 Å². The minimum atomic E-state index is 0.0979. The predicted octanol–water partition coefficient (Wildman–Crippen LogP) is 42.2. The Bertz CT molecular complexity index is 9870. The summed E-state index contributed by atoms with van der Waals surface area (Å²) in [5, 5.41) is 30.8. The topological polar surface area (TPSA) is 0 Å². The fourth-order valence-corrected chi connectivity index (χ4v) is 23.3. The molecule has 0 amide bonds. The lowest BCUT2D eigenvalue weighted by Gasteiger charge is -2.23. The van der Waals surface area contributed by atoms with Gasteiger partial charge in [0.2, 0.25) is 0 Å². The van der Waals surface area contributed by atoms with Crippen molar-refractivity contribution < 1.29 is 0 Å². The molecule has 28 rings (SSSR count). The molecular formula is C149H106. The van der Waals surface area contributed by atoms with Gasteiger partial charge in [-0.25, -0.2) is 0 Å². The summed E-state index contributed by atoms with van der Waals surface area (Å²) in [6.45, 7) is 9.03. The van der Waals surface area contributed by atoms with Crippen molar-refractivity contribution in [2.45, 2.75) is 33.1 Å². The summed E-state index contributed by atoms with van der Waals surface area (Å²) in [6, 6.07) is 208. The molecular weight excluding hydrogens is 1790 g/mol. The highest BCUT2D eigenvalue weighted by molar-refractivity contribution is 6.28. The number of rotatable bonds is 12. The third-order valence-corrected chi connectivity index (χ3v) is 30.2. The fourth-order valence-electron chi connectivity index (χ4n) is 23.3. The molecule has 0 radical (unpaired) electrons. The van der Waals surface area contributed by atoms with E-state index in [2.05, 4.69) is 598 Å². The molecule has 0 saturated carbocycles. The Morgan fingerprint density at radius 2 is 0.282 bits per heavy atom. The minimum Gasteiger partial charge on any atom is -0.0622 e. The van der Waals surface area contributed by atoms with Gasteiger partial charge in [0.05, 0.1) is 0 Å². The van der Waals surface area contributed by atoms with Crippen LogP contribution in [-0.4, -0.2) is 0 Å². The Kier molecular flexibility index (Phi) is 24.4. The smallest absolute Gasteiger partial charge is 0.00259 e. The first kappa shape index (κ1) is 91.5. The van der Waals surface area contributed by atoms with E-state index in [-0.39, 0.29) is 5.41 Å². The monoisotopic (exact) mass is 1890 g/mol. The van der Waals surface area contributed by atoms with Crippen molar-refractivity contribution in [3.8, 4) is 134 Å². The fraction of sp³-hybridized carbons (Fsp3) is 0.0336. The van der Waals surface area contributed by atoms with Crippen molar-refractivity contribution >= 4 is 129 Å². The Hall–Kier alpha value is -18.7. The minimum absolute atomic E-state index is 0.0979. The molecule has 28 aromatic rings. The van der Waals surface area contributed by atoms with Gasteiger partial charge in [-0.05, 0) is 311 Å². The zero-order chi connectivity index (χ0) is 99.8. The number of benzene rings is 28. The van der Waals surface area contributed by atoms with Crippen LogP contribution in [0, 0.1) is 6.92 Å². The highest BCUT2D eigenvalue weighted by Gasteiger charge is 2.26. The van der Waals surface area contributed by atoms with Crippen molar-refractivity contribution in [3.63, 3.8) is 0 Å². The van der Waals surface area contributed by atoms with Gasteiger partial charge in [0.1, 0.15) is 0 Å². The van der Waals surface area contributed by atoms with Crippen LogP contribution in [0.4, 0.5) is 0 Å². The van der Waals surface area contributed by atoms with E-state index in [1.54, 1.807) is 0 Å². The van der Waals surface area contributed by atoms with E-state index < -0.39 is 0 Å². The maximum atomic E-state index is 2.41. The van der Waals surface area contributed by atoms with Gasteiger partial charge in [0.15, 0.2) is 0 Å². The first-order chi connectivity index (χ1) is 73.5. The van der Waals surface area contributed by atoms with E-state index in [0.717, 1.165) is 0 Å². The Labute approximate surface area is 870 Å². The van der Waals surface area contributed by atoms with Crippen LogP contribution in [0.3, 0.4) is 0 Å². The molecule has 0 fully saturated rings. The van der Waals surface area contributed by atoms with Gasteiger partial charge in [-0.15, -0.1) is 0 Å². The average molecular weight is 1900 g/mol. The molecule has 0 N–H and O–H groups in total. The largest absolute Gasteiger partial charge is 0.0622 e. The van der Waals surface area contributed by atoms with E-state index >= 15 is 0 Å². The van der Waals surface area contributed by atoms with Gasteiger partial charge in [-0.2, -0.15) is 0 Å². The van der Waals surface area contributed by atoms with Crippen LogP contribution in [0.5, 0.6) is 0 Å². The maximum absolute atomic E-state index is 2.41. The molecule has 28 aromatic carbocycles. The van der Waals surface area contributed by atoms with Crippen LogP contribution < -0.4 is 0 Å². The molecule has 0 heterocycles. The van der Waals surface area contributed by atoms with Crippen LogP contribution in [0.15, 0.2) is 570 Å². The number of hydrogen-bond donors (Lipinski definition) is 0. The molecule has 0 aromatic heterocycles. The summed E-state index contributed by atoms with van der Waals surface area (Å²) in [4.78, 5) is 0. The highest BCUT2D eigenvalue weighted by Crippen LogP contribution is 2.53. The van der Waals surface area contributed by atoms with Crippen LogP contribution in [0.25, 0.3) is 263 Å². The summed E-state index contributed by atoms with van der Waals surface area (Å²) >= 11 is 0. The third kappa shape index (κ3) is 17.4. The van der Waals surface area contributed by atoms with Gasteiger partial charge < -0.3 is 0 Å². The Morgan fingerprint density at radius 3 is 0.564 bits per heavy atom. The lowest BCUT2D eigenvalue weighted by atomic mass is 9.81. The van der Waals surface area contributed by atoms with Crippen molar-refractivity contribution in [1.82, 2.24) is 0 Å². The molecule has 702 valence electrons. The van der Waals surface area contributed by atoms with Crippen molar-refractivity contribution in [2.24, 2.45) is 0 Å². The number of aryl methyl sites for hydroxylation is 1. The quantitative estimate of drug-likeness (QED) is 0.107. The second kappa shape index (κ2) is 39.8. The number of fused-ring (bicyclic) bond motifs is 12. The number of hydrogen-bond acceptors (Lipinski definition) is 0. The summed E-state index contributed by atoms with van der Waals surface area (Å²) in [5.74, 6) is 0. The highest BCUT2D eigenvalue weighted by atomic mass is 14.3. The lowest BCUT2D eigenvalue weighted by Crippen LogP contribution is -2.10. The molecule has 0 atom stereocenters. The Morgan fingerprint density at radius 1 is 0.107 bits per heavy atom. The van der Waals surface area contributed by atoms with Crippen LogP contribution in [0.2, 0.25) is 0 Å². The van der Waals surface area contributed by atoms with Gasteiger partial charge in [-0.3, -0.25) is 0 Å². The van der Waals surface area contributed by atoms with E-state index in [1.807, 2.05) is 0 Å². The second-order valence-electron chi connectivity index (χ2n) is 40.2. The second-order valence-corrected chi connectivity index (χ2v) is 40.2. The van der Waals surface area contributed by atoms with Crippen molar-refractivity contribution in [3.05, 3.63) is 581 Å². The van der Waals surface area contributed by atoms with Crippen LogP contribution in [0.1, 0.15) is 31.9 Å². The SMILES string of the molecule is CC(C)(C)c1ccc2c(-c3ccccc3)c3ccccc3c(-c3ccccc3)c2c1.Cc1ccc2c(-c3ccccc3)c3ccccc3c(-c3ccccc3)c2c1.c1ccc(-c2c3ccccc3c(-c3ccc(-c4ccc5c(-c6ccccc6)c6ccccc6c(-c6ccccc6)c5c4)cc3)c3ccccc23)cc1.c1ccc(-c2ccc3c(-c4ccc5ccccc5c4)c4ccccc4c(-c4ccc5ccccc5c4)c3c2)cc1. The van der Waals surface area contributed by atoms with E-state index in [1.165, 1.54) is 274 Å². The van der Waals surface area contributed by atoms with Gasteiger partial charge in [0, 0.05) is 0 Å². The van der Waals surface area contributed by atoms with Crippen LogP contribution in [-0.2, 0) is 5.41 Å². The molecule has 0 aliphatic heterocycles. The van der Waals surface area contributed by atoms with Crippen molar-refractivity contribution in [2.75, 3.05) is 0 Å². The van der Waals surface area contributed by atoms with Gasteiger partial charge in [0.25, 0.3) is 0 Å². The predicted molar refractivity (Wildman–Crippen MR) is 645 cm³/mol. The summed E-state index contributed by atoms with van der Waals surface area (Å²) < 4.78 is 0. The standard InChI is InChI=1S/C52H34.C40H26.C30H26.C27H20/c1-4-16-36(17-5-1)49-41-22-10-12-24-43(41)51(44-25-13-11-23-42(44)49)39-30-28-35(29-31-39)40-32-33-47-48(34-40)52(38-20-8-3-9-21-38)46-27-15-14-26-45(46)50(47)37-18-6-2-7-19-37;1-2-10-27(11-3-1)32-22-23-37-38(26-32)40(34-21-19-29-13-5-7-15-31(29)25-34)36-17-9-8-16-35(36)39(37)33-20-18-28-12-4-6-14-30(28)24-33;1-30(2,3)23-18-19-26-27(20-23)29(22-14-8-5-9-15-22)25-17-11-10-16-24(25)28(26)21-12-6-4-7-13-21;1-19-16-17-24-25(18-19)27(21-12-6-3-7-13-21)23-15-9-8-14-22(23)26(24)20-10-4-2-5-11-20/h1-34H;1-26H;4-20H,1-3H3;2-18H,1H3. The molecule has 0 unspecified atom stereocenters. The summed E-state index contributed by atoms with van der Waals surface area (Å²) in [7, 11) is 0. The Balaban J connectivity index is 0.000000106. The molecule has 0 spiro atoms. The van der Waals surface area contributed by atoms with E-state index in [4.69, 9.17) is 0 Å². The normalized spacial score (nSPS) is 11.5. The average Bonchev–Trinajstić information content (AvgIpc) is 0.722. The summed E-state index contributed by atoms with van der Waals surface area (Å²) in [6.07, 6.45) is 0. The van der Waals surface area contributed by atoms with Crippen LogP contribution >= 0.6 is 0 Å². The molecule has 0 bridgehead atoms. The molecule has 0 aliphatic rings. The molecule has 0 saturated heterocycles. The first-order valence-electron chi connectivity index (χ1n) is 51.9. The van der Waals surface area contributed by atoms with Gasteiger partial charge >= 0.3 is 0 Å². The zero-order valence-electron chi connectivity index (χ0n) is 83.8. The first-order valence-corrected chi connectivity index (χ1v) is 51.9. The third-order valence-electron chi connectivity index (χ3n) is 30.2. The van der Waals surface area contributed by atoms with Crippen molar-refractivity contribution in [1.29, 1.82) is 0 Å². The van der Waals surface area contributed by atoms with E-state index in [9.17, 15) is 0 Å². The summed E-state index contributed by atoms with van der Waals surface area (Å²) in [5.41, 5.74) is 33.1. The molecule has 149 heavy (non-hydrogen) atoms. The molecule has 0 aliphatic carbocycles. The van der Waals surface area contributed by atoms with Gasteiger partial charge in [-0.1, -0.05) is 566 Å². The lowest BCUT2D eigenvalue weighted by molar-refractivity contribution is 0.591. The molecule has 0 heteroatoms. The molecule has 0 nitrogen and oxygen atoms in total. The zero-order valence-corrected chi connectivity index (χ0v) is 83.8. The maximum Gasteiger partial charge on any atom is -0.00259 e.